The monoisotopic (exact) mass is 556 g/mol. The zero-order chi connectivity index (χ0) is 25.1. The average Bonchev–Trinajstić information content (AvgIpc) is 2.89. The highest BCUT2D eigenvalue weighted by molar-refractivity contribution is 9.10. The van der Waals surface area contributed by atoms with Crippen LogP contribution in [0.15, 0.2) is 46.9 Å². The minimum absolute atomic E-state index is 0.190. The molecule has 3 fully saturated rings. The molecule has 6 nitrogen and oxygen atoms in total. The molecule has 0 unspecified atom stereocenters. The van der Waals surface area contributed by atoms with Gasteiger partial charge >= 0.3 is 6.03 Å². The van der Waals surface area contributed by atoms with Crippen LogP contribution in [-0.4, -0.2) is 56.1 Å². The van der Waals surface area contributed by atoms with Crippen LogP contribution in [0.3, 0.4) is 0 Å². The topological polar surface area (TPSA) is 55.9 Å². The van der Waals surface area contributed by atoms with Crippen LogP contribution in [0.1, 0.15) is 50.0 Å². The van der Waals surface area contributed by atoms with Crippen molar-refractivity contribution in [3.8, 4) is 0 Å². The van der Waals surface area contributed by atoms with Crippen LogP contribution in [0.2, 0.25) is 0 Å². The summed E-state index contributed by atoms with van der Waals surface area (Å²) in [6, 6.07) is 13.3. The van der Waals surface area contributed by atoms with E-state index in [1.54, 1.807) is 12.1 Å². The number of urea groups is 1. The Hall–Kier alpha value is -2.45. The van der Waals surface area contributed by atoms with Gasteiger partial charge in [0, 0.05) is 36.2 Å². The molecule has 0 bridgehead atoms. The molecule has 0 atom stereocenters. The van der Waals surface area contributed by atoms with Gasteiger partial charge in [0.15, 0.2) is 0 Å². The lowest BCUT2D eigenvalue weighted by Crippen LogP contribution is -2.49. The van der Waals surface area contributed by atoms with Crippen molar-refractivity contribution in [3.63, 3.8) is 0 Å². The summed E-state index contributed by atoms with van der Waals surface area (Å²) >= 11 is 3.51. The van der Waals surface area contributed by atoms with Gasteiger partial charge in [-0.2, -0.15) is 0 Å². The number of anilines is 2. The molecule has 0 spiro atoms. The summed E-state index contributed by atoms with van der Waals surface area (Å²) in [5, 5.41) is 2.26. The van der Waals surface area contributed by atoms with E-state index >= 15 is 0 Å². The number of amides is 3. The second-order valence-corrected chi connectivity index (χ2v) is 11.2. The van der Waals surface area contributed by atoms with Gasteiger partial charge in [-0.15, -0.1) is 0 Å². The second kappa shape index (κ2) is 11.3. The molecule has 3 aliphatic rings. The van der Waals surface area contributed by atoms with Gasteiger partial charge in [0.2, 0.25) is 5.91 Å². The Balaban J connectivity index is 1.06. The van der Waals surface area contributed by atoms with Gasteiger partial charge in [0.05, 0.1) is 5.69 Å². The molecule has 3 saturated heterocycles. The van der Waals surface area contributed by atoms with Crippen LogP contribution >= 0.6 is 15.9 Å². The number of rotatable bonds is 6. The van der Waals surface area contributed by atoms with E-state index in [4.69, 9.17) is 0 Å². The van der Waals surface area contributed by atoms with Gasteiger partial charge in [0.25, 0.3) is 0 Å². The molecule has 0 aromatic heterocycles. The maximum Gasteiger partial charge on any atom is 0.328 e. The van der Waals surface area contributed by atoms with E-state index in [1.807, 2.05) is 6.07 Å². The molecular weight excluding hydrogens is 523 g/mol. The van der Waals surface area contributed by atoms with Gasteiger partial charge in [-0.05, 0) is 106 Å². The number of carbonyl (C=O) groups excluding carboxylic acids is 2. The van der Waals surface area contributed by atoms with Crippen LogP contribution in [0.25, 0.3) is 0 Å². The molecule has 3 amide bonds. The molecule has 3 heterocycles. The van der Waals surface area contributed by atoms with E-state index in [-0.39, 0.29) is 24.6 Å². The quantitative estimate of drug-likeness (QED) is 0.509. The zero-order valence-electron chi connectivity index (χ0n) is 20.6. The molecule has 0 radical (unpaired) electrons. The molecule has 3 aliphatic heterocycles. The van der Waals surface area contributed by atoms with Crippen molar-refractivity contribution in [2.24, 2.45) is 5.92 Å². The molecule has 5 rings (SSSR count). The Labute approximate surface area is 220 Å². The summed E-state index contributed by atoms with van der Waals surface area (Å²) in [4.78, 5) is 29.8. The minimum Gasteiger partial charge on any atom is -0.372 e. The number of imide groups is 1. The number of likely N-dealkylation sites (tertiary alicyclic amines) is 1. The molecule has 8 heteroatoms. The van der Waals surface area contributed by atoms with E-state index in [1.165, 1.54) is 29.8 Å². The lowest BCUT2D eigenvalue weighted by atomic mass is 9.88. The normalized spacial score (nSPS) is 20.6. The predicted octanol–water partition coefficient (Wildman–Crippen LogP) is 5.52. The molecule has 0 saturated carbocycles. The Morgan fingerprint density at radius 1 is 0.917 bits per heavy atom. The van der Waals surface area contributed by atoms with Gasteiger partial charge in [0.1, 0.15) is 5.82 Å². The van der Waals surface area contributed by atoms with Gasteiger partial charge in [-0.25, -0.2) is 9.18 Å². The van der Waals surface area contributed by atoms with Crippen LogP contribution in [-0.2, 0) is 4.79 Å². The van der Waals surface area contributed by atoms with E-state index in [2.05, 4.69) is 55.3 Å². The summed E-state index contributed by atoms with van der Waals surface area (Å²) in [6.07, 6.45) is 6.00. The number of halogens is 2. The maximum absolute atomic E-state index is 14.9. The summed E-state index contributed by atoms with van der Waals surface area (Å²) in [7, 11) is 0. The lowest BCUT2D eigenvalue weighted by Gasteiger charge is -2.36. The fourth-order valence-corrected chi connectivity index (χ4v) is 6.04. The third kappa shape index (κ3) is 5.92. The third-order valence-corrected chi connectivity index (χ3v) is 8.56. The van der Waals surface area contributed by atoms with Crippen LogP contribution in [0, 0.1) is 11.7 Å². The number of nitrogens with one attached hydrogen (secondary N) is 1. The fourth-order valence-electron chi connectivity index (χ4n) is 5.78. The van der Waals surface area contributed by atoms with Crippen molar-refractivity contribution in [3.05, 3.63) is 58.3 Å². The van der Waals surface area contributed by atoms with Crippen molar-refractivity contribution < 1.29 is 14.0 Å². The third-order valence-electron chi connectivity index (χ3n) is 8.04. The second-order valence-electron chi connectivity index (χ2n) is 10.3. The molecular formula is C28H34BrFN4O2. The molecule has 0 aliphatic carbocycles. The Morgan fingerprint density at radius 3 is 2.31 bits per heavy atom. The lowest BCUT2D eigenvalue weighted by molar-refractivity contribution is -0.120. The first-order valence-electron chi connectivity index (χ1n) is 13.1. The van der Waals surface area contributed by atoms with Crippen LogP contribution in [0.4, 0.5) is 20.6 Å². The van der Waals surface area contributed by atoms with Crippen LogP contribution in [0.5, 0.6) is 0 Å². The number of hydrogen-bond acceptors (Lipinski definition) is 4. The van der Waals surface area contributed by atoms with E-state index in [0.29, 0.717) is 5.92 Å². The average molecular weight is 558 g/mol. The summed E-state index contributed by atoms with van der Waals surface area (Å²) in [5.74, 6) is 0.425. The number of nitrogens with zero attached hydrogens (tertiary/aromatic N) is 3. The smallest absolute Gasteiger partial charge is 0.328 e. The standard InChI is InChI=1S/C28H34BrFN4O2/c29-23-2-4-24(5-3-23)33-16-8-20(9-17-33)7-13-32-14-10-21(11-15-32)22-1-6-26(25(30)19-22)34-18-12-27(35)31-28(34)36/h1-6,19-21H,7-18H2,(H,31,35,36). The molecule has 192 valence electrons. The van der Waals surface area contributed by atoms with E-state index < -0.39 is 11.8 Å². The van der Waals surface area contributed by atoms with Gasteiger partial charge in [-0.1, -0.05) is 22.0 Å². The first kappa shape index (κ1) is 25.2. The minimum atomic E-state index is -0.551. The van der Waals surface area contributed by atoms with Crippen molar-refractivity contribution >= 4 is 39.2 Å². The van der Waals surface area contributed by atoms with Crippen molar-refractivity contribution in [2.45, 2.75) is 44.4 Å². The van der Waals surface area contributed by atoms with Crippen molar-refractivity contribution in [2.75, 3.05) is 49.1 Å². The number of piperidine rings is 2. The zero-order valence-corrected chi connectivity index (χ0v) is 22.2. The molecule has 36 heavy (non-hydrogen) atoms. The largest absolute Gasteiger partial charge is 0.372 e. The van der Waals surface area contributed by atoms with Gasteiger partial charge in [-0.3, -0.25) is 15.0 Å². The first-order chi connectivity index (χ1) is 17.5. The summed E-state index contributed by atoms with van der Waals surface area (Å²) in [5.41, 5.74) is 2.56. The predicted molar refractivity (Wildman–Crippen MR) is 144 cm³/mol. The maximum atomic E-state index is 14.9. The SMILES string of the molecule is O=C1CCN(c2ccc(C3CCN(CCC4CCN(c5ccc(Br)cc5)CC4)CC3)cc2F)C(=O)N1. The number of benzene rings is 2. The van der Waals surface area contributed by atoms with Crippen LogP contribution < -0.4 is 15.1 Å². The van der Waals surface area contributed by atoms with Gasteiger partial charge < -0.3 is 9.80 Å². The van der Waals surface area contributed by atoms with E-state index in [9.17, 15) is 14.0 Å². The van der Waals surface area contributed by atoms with Crippen molar-refractivity contribution in [1.82, 2.24) is 10.2 Å². The Kier molecular flexibility index (Phi) is 7.91. The highest BCUT2D eigenvalue weighted by Crippen LogP contribution is 2.32. The van der Waals surface area contributed by atoms with E-state index in [0.717, 1.165) is 61.5 Å². The number of hydrogen-bond donors (Lipinski definition) is 1. The summed E-state index contributed by atoms with van der Waals surface area (Å²) < 4.78 is 16.0. The molecule has 2 aromatic rings. The highest BCUT2D eigenvalue weighted by Gasteiger charge is 2.28. The molecule has 1 N–H and O–H groups in total. The summed E-state index contributed by atoms with van der Waals surface area (Å²) in [6.45, 7) is 5.70. The fraction of sp³-hybridized carbons (Fsp3) is 0.500. The van der Waals surface area contributed by atoms with Crippen molar-refractivity contribution in [1.29, 1.82) is 0 Å². The Bertz CT molecular complexity index is 1080. The Morgan fingerprint density at radius 2 is 1.64 bits per heavy atom. The number of carbonyl (C=O) groups is 2. The molecule has 2 aromatic carbocycles. The first-order valence-corrected chi connectivity index (χ1v) is 13.9. The highest BCUT2D eigenvalue weighted by atomic mass is 79.9.